The number of carbonyl (C=O) groups excluding carboxylic acids is 3. The van der Waals surface area contributed by atoms with Crippen LogP contribution in [0.15, 0.2) is 12.2 Å². The van der Waals surface area contributed by atoms with Crippen LogP contribution in [0, 0.1) is 17.8 Å². The fourth-order valence-electron chi connectivity index (χ4n) is 7.90. The zero-order valence-corrected chi connectivity index (χ0v) is 36.5. The summed E-state index contributed by atoms with van der Waals surface area (Å²) in [7, 11) is 0. The first-order valence-electron chi connectivity index (χ1n) is 23.7. The summed E-state index contributed by atoms with van der Waals surface area (Å²) in [6.45, 7) is 6.43. The molecular weight excluding hydrogens is 705 g/mol. The van der Waals surface area contributed by atoms with Crippen LogP contribution in [-0.4, -0.2) is 64.6 Å². The lowest BCUT2D eigenvalue weighted by Crippen LogP contribution is -2.25. The molecule has 3 N–H and O–H groups in total. The van der Waals surface area contributed by atoms with Crippen molar-refractivity contribution in [2.75, 3.05) is 13.2 Å². The maximum atomic E-state index is 12.5. The number of carbonyl (C=O) groups is 3. The van der Waals surface area contributed by atoms with E-state index in [0.29, 0.717) is 25.7 Å². The highest BCUT2D eigenvalue weighted by atomic mass is 16.6. The van der Waals surface area contributed by atoms with E-state index < -0.39 is 18.3 Å². The fourth-order valence-corrected chi connectivity index (χ4v) is 7.90. The van der Waals surface area contributed by atoms with Crippen LogP contribution in [0.2, 0.25) is 0 Å². The second kappa shape index (κ2) is 36.3. The molecule has 328 valence electrons. The summed E-state index contributed by atoms with van der Waals surface area (Å²) in [6, 6.07) is 0. The third kappa shape index (κ3) is 29.4. The summed E-state index contributed by atoms with van der Waals surface area (Å²) in [5.74, 6) is -0.191. The van der Waals surface area contributed by atoms with Gasteiger partial charge in [-0.05, 0) is 31.6 Å². The van der Waals surface area contributed by atoms with E-state index in [1.54, 1.807) is 6.08 Å². The van der Waals surface area contributed by atoms with E-state index in [2.05, 4.69) is 20.8 Å². The van der Waals surface area contributed by atoms with Gasteiger partial charge in [0.05, 0.1) is 12.2 Å². The first-order chi connectivity index (χ1) is 27.2. The maximum absolute atomic E-state index is 12.5. The van der Waals surface area contributed by atoms with E-state index >= 15 is 0 Å². The fraction of sp³-hybridized carbons (Fsp3) is 0.896. The maximum Gasteiger partial charge on any atom is 0.305 e. The predicted octanol–water partition coefficient (Wildman–Crippen LogP) is 11.7. The quantitative estimate of drug-likeness (QED) is 0.0319. The van der Waals surface area contributed by atoms with Crippen molar-refractivity contribution >= 4 is 17.7 Å². The molecule has 0 aromatic rings. The lowest BCUT2D eigenvalue weighted by Gasteiger charge is -2.18. The van der Waals surface area contributed by atoms with Crippen molar-refractivity contribution in [1.29, 1.82) is 0 Å². The van der Waals surface area contributed by atoms with Gasteiger partial charge in [-0.25, -0.2) is 0 Å². The highest BCUT2D eigenvalue weighted by molar-refractivity contribution is 5.84. The molecule has 8 nitrogen and oxygen atoms in total. The zero-order chi connectivity index (χ0) is 41.1. The molecule has 56 heavy (non-hydrogen) atoms. The van der Waals surface area contributed by atoms with Crippen molar-refractivity contribution in [3.05, 3.63) is 12.2 Å². The van der Waals surface area contributed by atoms with Crippen LogP contribution in [0.1, 0.15) is 226 Å². The monoisotopic (exact) mass is 793 g/mol. The molecule has 1 rings (SSSR count). The molecule has 0 radical (unpaired) electrons. The molecule has 0 spiro atoms. The minimum atomic E-state index is -1.04. The smallest absolute Gasteiger partial charge is 0.305 e. The largest absolute Gasteiger partial charge is 0.463 e. The molecule has 0 aliphatic heterocycles. The number of rotatable bonds is 39. The highest BCUT2D eigenvalue weighted by Gasteiger charge is 2.39. The number of ketones is 1. The standard InChI is InChI=1S/C48H88O8/c1-4-6-25-31-41(49)35-36-44-43(45(51)37-46(44)52)32-27-23-24-29-34-48(54)56-39-42(50)38-55-47(53)33-28-22-20-18-16-14-12-10-8-7-9-11-13-15-17-19-21-26-30-40(3)5-2/h35-36,40-44,46,49-50,52H,4-34,37-39H2,1-3H3/b36-35+/t40?,41-,42-,43+,44+,46+/m0/s1. The topological polar surface area (TPSA) is 130 Å². The van der Waals surface area contributed by atoms with Gasteiger partial charge in [-0.15, -0.1) is 0 Å². The number of esters is 2. The van der Waals surface area contributed by atoms with Crippen LogP contribution in [-0.2, 0) is 23.9 Å². The second-order valence-corrected chi connectivity index (χ2v) is 17.3. The Kier molecular flexibility index (Phi) is 33.9. The highest BCUT2D eigenvalue weighted by Crippen LogP contribution is 2.34. The number of unbranched alkanes of at least 4 members (excludes halogenated alkanes) is 22. The van der Waals surface area contributed by atoms with E-state index in [-0.39, 0.29) is 55.6 Å². The Hall–Kier alpha value is -1.77. The number of ether oxygens (including phenoxy) is 2. The van der Waals surface area contributed by atoms with Crippen LogP contribution < -0.4 is 0 Å². The summed E-state index contributed by atoms with van der Waals surface area (Å²) in [5, 5.41) is 30.7. The van der Waals surface area contributed by atoms with Gasteiger partial charge in [0.2, 0.25) is 0 Å². The number of hydrogen-bond donors (Lipinski definition) is 3. The minimum absolute atomic E-state index is 0.0846. The van der Waals surface area contributed by atoms with E-state index in [9.17, 15) is 29.7 Å². The molecule has 1 aliphatic carbocycles. The van der Waals surface area contributed by atoms with Crippen LogP contribution in [0.5, 0.6) is 0 Å². The zero-order valence-electron chi connectivity index (χ0n) is 36.5. The molecule has 1 unspecified atom stereocenters. The van der Waals surface area contributed by atoms with Gasteiger partial charge in [0.1, 0.15) is 25.1 Å². The SMILES string of the molecule is CCCCC[C@H](O)/C=C/[C@H]1[C@H](O)CC(=O)[C@@H]1CCCCCCC(=O)OC[C@@H](O)COC(=O)CCCCCCCCCCCCCCCCCCCCC(C)CC. The van der Waals surface area contributed by atoms with Gasteiger partial charge in [-0.1, -0.05) is 193 Å². The van der Waals surface area contributed by atoms with Crippen molar-refractivity contribution in [2.24, 2.45) is 17.8 Å². The third-order valence-electron chi connectivity index (χ3n) is 11.9. The van der Waals surface area contributed by atoms with Crippen molar-refractivity contribution < 1.29 is 39.2 Å². The predicted molar refractivity (Wildman–Crippen MR) is 229 cm³/mol. The van der Waals surface area contributed by atoms with Gasteiger partial charge in [-0.3, -0.25) is 14.4 Å². The number of aliphatic hydroxyl groups excluding tert-OH is 3. The van der Waals surface area contributed by atoms with Crippen LogP contribution in [0.3, 0.4) is 0 Å². The Morgan fingerprint density at radius 3 is 1.54 bits per heavy atom. The van der Waals surface area contributed by atoms with Gasteiger partial charge in [-0.2, -0.15) is 0 Å². The third-order valence-corrected chi connectivity index (χ3v) is 11.9. The Morgan fingerprint density at radius 2 is 1.07 bits per heavy atom. The average Bonchev–Trinajstić information content (AvgIpc) is 3.46. The van der Waals surface area contributed by atoms with Gasteiger partial charge in [0.15, 0.2) is 0 Å². The average molecular weight is 793 g/mol. The van der Waals surface area contributed by atoms with Crippen LogP contribution >= 0.6 is 0 Å². The first kappa shape index (κ1) is 52.2. The molecule has 1 saturated carbocycles. The molecule has 0 amide bonds. The van der Waals surface area contributed by atoms with Crippen LogP contribution in [0.4, 0.5) is 0 Å². The Balaban J connectivity index is 1.92. The van der Waals surface area contributed by atoms with Gasteiger partial charge < -0.3 is 24.8 Å². The Labute approximate surface area is 343 Å². The van der Waals surface area contributed by atoms with Crippen molar-refractivity contribution in [2.45, 2.75) is 245 Å². The lowest BCUT2D eigenvalue weighted by molar-refractivity contribution is -0.152. The molecular formula is C48H88O8. The number of hydrogen-bond acceptors (Lipinski definition) is 8. The summed E-state index contributed by atoms with van der Waals surface area (Å²) in [5.41, 5.74) is 0. The van der Waals surface area contributed by atoms with Crippen molar-refractivity contribution in [3.63, 3.8) is 0 Å². The van der Waals surface area contributed by atoms with E-state index in [0.717, 1.165) is 63.7 Å². The summed E-state index contributed by atoms with van der Waals surface area (Å²) >= 11 is 0. The summed E-state index contributed by atoms with van der Waals surface area (Å²) in [4.78, 5) is 36.7. The molecule has 0 heterocycles. The molecule has 0 aromatic heterocycles. The molecule has 0 aromatic carbocycles. The number of Topliss-reactive ketones (excluding diaryl/α,β-unsaturated/α-hetero) is 1. The molecule has 1 fully saturated rings. The Bertz CT molecular complexity index is 982. The molecule has 0 bridgehead atoms. The van der Waals surface area contributed by atoms with Gasteiger partial charge in [0, 0.05) is 31.1 Å². The van der Waals surface area contributed by atoms with Crippen molar-refractivity contribution in [1.82, 2.24) is 0 Å². The lowest BCUT2D eigenvalue weighted by atomic mass is 9.88. The van der Waals surface area contributed by atoms with Crippen molar-refractivity contribution in [3.8, 4) is 0 Å². The summed E-state index contributed by atoms with van der Waals surface area (Å²) < 4.78 is 10.4. The molecule has 8 heteroatoms. The normalized spacial score (nSPS) is 18.8. The van der Waals surface area contributed by atoms with Gasteiger partial charge in [0.25, 0.3) is 0 Å². The first-order valence-corrected chi connectivity index (χ1v) is 23.7. The molecule has 0 saturated heterocycles. The van der Waals surface area contributed by atoms with Crippen LogP contribution in [0.25, 0.3) is 0 Å². The summed E-state index contributed by atoms with van der Waals surface area (Å²) in [6.07, 6.45) is 36.0. The molecule has 1 aliphatic rings. The number of aliphatic hydroxyl groups is 3. The van der Waals surface area contributed by atoms with E-state index in [1.807, 2.05) is 6.08 Å². The minimum Gasteiger partial charge on any atom is -0.463 e. The Morgan fingerprint density at radius 1 is 0.643 bits per heavy atom. The second-order valence-electron chi connectivity index (χ2n) is 17.3. The van der Waals surface area contributed by atoms with E-state index in [4.69, 9.17) is 9.47 Å². The molecule has 6 atom stereocenters. The van der Waals surface area contributed by atoms with Gasteiger partial charge >= 0.3 is 11.9 Å². The van der Waals surface area contributed by atoms with E-state index in [1.165, 1.54) is 109 Å².